The summed E-state index contributed by atoms with van der Waals surface area (Å²) in [5.74, 6) is 0. The summed E-state index contributed by atoms with van der Waals surface area (Å²) < 4.78 is 2.01. The maximum Gasteiger partial charge on any atom is 0.0543 e. The third kappa shape index (κ3) is 3.70. The standard InChI is InChI=1S/C17H25N3/c1-13-6-8-16(9-7-13)14(2)18-10-15-11-19-20(12-15)17(3,4)5/h6-9,11-12,14,18H,10H2,1-5H3/t14-/m1/s1. The van der Waals surface area contributed by atoms with Crippen molar-refractivity contribution in [2.75, 3.05) is 0 Å². The molecule has 0 fully saturated rings. The van der Waals surface area contributed by atoms with Gasteiger partial charge in [0.25, 0.3) is 0 Å². The molecule has 1 N–H and O–H groups in total. The van der Waals surface area contributed by atoms with E-state index in [1.807, 2.05) is 10.9 Å². The molecule has 108 valence electrons. The van der Waals surface area contributed by atoms with Crippen molar-refractivity contribution in [1.29, 1.82) is 0 Å². The first-order valence-electron chi connectivity index (χ1n) is 7.20. The van der Waals surface area contributed by atoms with Crippen LogP contribution in [0.1, 0.15) is 50.4 Å². The van der Waals surface area contributed by atoms with Gasteiger partial charge in [-0.1, -0.05) is 29.8 Å². The summed E-state index contributed by atoms with van der Waals surface area (Å²) >= 11 is 0. The van der Waals surface area contributed by atoms with Crippen LogP contribution >= 0.6 is 0 Å². The molecule has 0 radical (unpaired) electrons. The molecule has 20 heavy (non-hydrogen) atoms. The lowest BCUT2D eigenvalue weighted by Gasteiger charge is -2.18. The molecule has 3 nitrogen and oxygen atoms in total. The first kappa shape index (κ1) is 14.8. The second kappa shape index (κ2) is 5.80. The molecular weight excluding hydrogens is 246 g/mol. The van der Waals surface area contributed by atoms with Gasteiger partial charge in [-0.2, -0.15) is 5.10 Å². The number of nitrogens with zero attached hydrogens (tertiary/aromatic N) is 2. The summed E-state index contributed by atoms with van der Waals surface area (Å²) in [6.45, 7) is 11.6. The average molecular weight is 271 g/mol. The van der Waals surface area contributed by atoms with Crippen LogP contribution in [-0.2, 0) is 12.1 Å². The van der Waals surface area contributed by atoms with E-state index in [0.29, 0.717) is 6.04 Å². The molecule has 1 atom stereocenters. The topological polar surface area (TPSA) is 29.9 Å². The van der Waals surface area contributed by atoms with E-state index in [4.69, 9.17) is 0 Å². The van der Waals surface area contributed by atoms with E-state index in [-0.39, 0.29) is 5.54 Å². The Labute approximate surface area is 122 Å². The molecule has 0 saturated heterocycles. The highest BCUT2D eigenvalue weighted by molar-refractivity contribution is 5.23. The largest absolute Gasteiger partial charge is 0.306 e. The zero-order chi connectivity index (χ0) is 14.8. The second-order valence-corrected chi connectivity index (χ2v) is 6.48. The number of aromatic nitrogens is 2. The van der Waals surface area contributed by atoms with Gasteiger partial charge in [0.15, 0.2) is 0 Å². The maximum atomic E-state index is 4.43. The van der Waals surface area contributed by atoms with E-state index in [1.165, 1.54) is 16.7 Å². The van der Waals surface area contributed by atoms with E-state index >= 15 is 0 Å². The van der Waals surface area contributed by atoms with Crippen LogP contribution in [0.5, 0.6) is 0 Å². The lowest BCUT2D eigenvalue weighted by Crippen LogP contribution is -2.22. The lowest BCUT2D eigenvalue weighted by molar-refractivity contribution is 0.355. The van der Waals surface area contributed by atoms with E-state index < -0.39 is 0 Å². The van der Waals surface area contributed by atoms with Crippen LogP contribution in [0.15, 0.2) is 36.7 Å². The SMILES string of the molecule is Cc1ccc([C@@H](C)NCc2cnn(C(C)(C)C)c2)cc1. The number of rotatable bonds is 4. The van der Waals surface area contributed by atoms with Gasteiger partial charge >= 0.3 is 0 Å². The Morgan fingerprint density at radius 1 is 1.20 bits per heavy atom. The minimum Gasteiger partial charge on any atom is -0.306 e. The summed E-state index contributed by atoms with van der Waals surface area (Å²) in [6.07, 6.45) is 4.06. The van der Waals surface area contributed by atoms with Crippen LogP contribution < -0.4 is 5.32 Å². The highest BCUT2D eigenvalue weighted by atomic mass is 15.3. The molecular formula is C17H25N3. The molecule has 0 aliphatic carbocycles. The molecule has 1 aromatic heterocycles. The zero-order valence-corrected chi connectivity index (χ0v) is 13.1. The molecule has 0 aliphatic heterocycles. The predicted octanol–water partition coefficient (Wildman–Crippen LogP) is 3.80. The summed E-state index contributed by atoms with van der Waals surface area (Å²) in [5.41, 5.74) is 3.88. The van der Waals surface area contributed by atoms with Crippen molar-refractivity contribution in [2.24, 2.45) is 0 Å². The van der Waals surface area contributed by atoms with Crippen LogP contribution in [0.2, 0.25) is 0 Å². The summed E-state index contributed by atoms with van der Waals surface area (Å²) in [4.78, 5) is 0. The Kier molecular flexibility index (Phi) is 4.29. The third-order valence-electron chi connectivity index (χ3n) is 3.51. The van der Waals surface area contributed by atoms with E-state index in [0.717, 1.165) is 6.54 Å². The molecule has 3 heteroatoms. The molecule has 2 rings (SSSR count). The molecule has 0 saturated carbocycles. The molecule has 1 heterocycles. The third-order valence-corrected chi connectivity index (χ3v) is 3.51. The van der Waals surface area contributed by atoms with Gasteiger partial charge in [-0.3, -0.25) is 4.68 Å². The van der Waals surface area contributed by atoms with Crippen molar-refractivity contribution < 1.29 is 0 Å². The molecule has 0 amide bonds. The minimum absolute atomic E-state index is 0.0425. The maximum absolute atomic E-state index is 4.43. The Balaban J connectivity index is 1.95. The predicted molar refractivity (Wildman–Crippen MR) is 83.7 cm³/mol. The van der Waals surface area contributed by atoms with Crippen molar-refractivity contribution >= 4 is 0 Å². The summed E-state index contributed by atoms with van der Waals surface area (Å²) in [6, 6.07) is 9.03. The first-order chi connectivity index (χ1) is 9.36. The smallest absolute Gasteiger partial charge is 0.0543 e. The van der Waals surface area contributed by atoms with E-state index in [1.54, 1.807) is 0 Å². The number of nitrogens with one attached hydrogen (secondary N) is 1. The van der Waals surface area contributed by atoms with Crippen LogP contribution in [0.3, 0.4) is 0 Å². The van der Waals surface area contributed by atoms with E-state index in [2.05, 4.69) is 75.5 Å². The van der Waals surface area contributed by atoms with Gasteiger partial charge in [-0.25, -0.2) is 0 Å². The monoisotopic (exact) mass is 271 g/mol. The quantitative estimate of drug-likeness (QED) is 0.916. The fourth-order valence-corrected chi connectivity index (χ4v) is 2.06. The number of hydrogen-bond donors (Lipinski definition) is 1. The normalized spacial score (nSPS) is 13.4. The first-order valence-corrected chi connectivity index (χ1v) is 7.20. The van der Waals surface area contributed by atoms with Crippen molar-refractivity contribution in [3.8, 4) is 0 Å². The van der Waals surface area contributed by atoms with Crippen molar-refractivity contribution in [3.05, 3.63) is 53.3 Å². The van der Waals surface area contributed by atoms with Crippen molar-refractivity contribution in [3.63, 3.8) is 0 Å². The molecule has 0 aliphatic rings. The number of hydrogen-bond acceptors (Lipinski definition) is 2. The van der Waals surface area contributed by atoms with Gasteiger partial charge in [0.1, 0.15) is 0 Å². The van der Waals surface area contributed by atoms with Crippen LogP contribution in [0.4, 0.5) is 0 Å². The molecule has 0 bridgehead atoms. The van der Waals surface area contributed by atoms with Crippen LogP contribution in [-0.4, -0.2) is 9.78 Å². The fraction of sp³-hybridized carbons (Fsp3) is 0.471. The van der Waals surface area contributed by atoms with Gasteiger partial charge in [-0.05, 0) is 40.2 Å². The molecule has 2 aromatic rings. The number of benzene rings is 1. The molecule has 1 aromatic carbocycles. The van der Waals surface area contributed by atoms with Crippen molar-refractivity contribution in [1.82, 2.24) is 15.1 Å². The van der Waals surface area contributed by atoms with Crippen LogP contribution in [0.25, 0.3) is 0 Å². The zero-order valence-electron chi connectivity index (χ0n) is 13.1. The summed E-state index contributed by atoms with van der Waals surface area (Å²) in [5, 5.41) is 7.97. The lowest BCUT2D eigenvalue weighted by atomic mass is 10.1. The second-order valence-electron chi connectivity index (χ2n) is 6.48. The van der Waals surface area contributed by atoms with Gasteiger partial charge in [0, 0.05) is 24.3 Å². The van der Waals surface area contributed by atoms with Crippen molar-refractivity contribution in [2.45, 2.75) is 52.7 Å². The van der Waals surface area contributed by atoms with E-state index in [9.17, 15) is 0 Å². The highest BCUT2D eigenvalue weighted by Crippen LogP contribution is 2.16. The Morgan fingerprint density at radius 3 is 2.40 bits per heavy atom. The molecule has 0 spiro atoms. The van der Waals surface area contributed by atoms with Gasteiger partial charge < -0.3 is 5.32 Å². The minimum atomic E-state index is 0.0425. The average Bonchev–Trinajstić information content (AvgIpc) is 2.85. The van der Waals surface area contributed by atoms with Gasteiger partial charge in [0.2, 0.25) is 0 Å². The number of aryl methyl sites for hydroxylation is 1. The van der Waals surface area contributed by atoms with Crippen LogP contribution in [0, 0.1) is 6.92 Å². The summed E-state index contributed by atoms with van der Waals surface area (Å²) in [7, 11) is 0. The Bertz CT molecular complexity index is 546. The highest BCUT2D eigenvalue weighted by Gasteiger charge is 2.14. The Morgan fingerprint density at radius 2 is 1.85 bits per heavy atom. The van der Waals surface area contributed by atoms with Gasteiger partial charge in [0.05, 0.1) is 11.7 Å². The van der Waals surface area contributed by atoms with Gasteiger partial charge in [-0.15, -0.1) is 0 Å². The Hall–Kier alpha value is -1.61. The fourth-order valence-electron chi connectivity index (χ4n) is 2.06. The molecule has 0 unspecified atom stereocenters.